The van der Waals surface area contributed by atoms with Crippen LogP contribution in [0.1, 0.15) is 22.8 Å². The van der Waals surface area contributed by atoms with Gasteiger partial charge in [-0.15, -0.1) is 0 Å². The Hall–Kier alpha value is -1.75. The highest BCUT2D eigenvalue weighted by Gasteiger charge is 2.44. The van der Waals surface area contributed by atoms with E-state index in [1.165, 1.54) is 0 Å². The zero-order valence-electron chi connectivity index (χ0n) is 19.4. The van der Waals surface area contributed by atoms with Gasteiger partial charge in [-0.25, -0.2) is 0 Å². The summed E-state index contributed by atoms with van der Waals surface area (Å²) in [4.78, 5) is 2.45. The molecule has 3 aliphatic heterocycles. The standard InChI is InChI=1S/C26H32ClNO7/c27-21-6-3-17(26-25(32)24(31)23(30)22(11-29)35-26)8-18(21)7-15-1-4-20(5-2-15)34-12-16-9-28(10-16)19-13-33-14-19/h1-6,8,16,19,22-26,29-32H,7,9-14H2/t22?,23-,24?,25-,26+/m1/s1. The van der Waals surface area contributed by atoms with Crippen LogP contribution in [-0.2, 0) is 15.9 Å². The minimum Gasteiger partial charge on any atom is -0.493 e. The van der Waals surface area contributed by atoms with E-state index in [1.807, 2.05) is 30.3 Å². The normalized spacial score (nSPS) is 30.0. The highest BCUT2D eigenvalue weighted by molar-refractivity contribution is 6.31. The van der Waals surface area contributed by atoms with Gasteiger partial charge in [0.15, 0.2) is 0 Å². The van der Waals surface area contributed by atoms with Crippen molar-refractivity contribution in [2.75, 3.05) is 39.5 Å². The molecular weight excluding hydrogens is 474 g/mol. The highest BCUT2D eigenvalue weighted by atomic mass is 35.5. The molecule has 8 nitrogen and oxygen atoms in total. The third-order valence-corrected chi connectivity index (χ3v) is 7.59. The number of rotatable bonds is 8. The molecule has 5 rings (SSSR count). The summed E-state index contributed by atoms with van der Waals surface area (Å²) < 4.78 is 16.9. The van der Waals surface area contributed by atoms with Gasteiger partial charge in [0, 0.05) is 24.0 Å². The third kappa shape index (κ3) is 5.35. The number of halogens is 1. The topological polar surface area (TPSA) is 112 Å². The molecule has 0 aliphatic carbocycles. The quantitative estimate of drug-likeness (QED) is 0.423. The summed E-state index contributed by atoms with van der Waals surface area (Å²) in [6.45, 7) is 4.07. The van der Waals surface area contributed by atoms with Gasteiger partial charge in [0.2, 0.25) is 0 Å². The third-order valence-electron chi connectivity index (χ3n) is 7.22. The maximum atomic E-state index is 10.5. The van der Waals surface area contributed by atoms with E-state index in [-0.39, 0.29) is 0 Å². The van der Waals surface area contributed by atoms with Gasteiger partial charge in [-0.2, -0.15) is 0 Å². The van der Waals surface area contributed by atoms with E-state index in [0.717, 1.165) is 43.2 Å². The molecule has 0 bridgehead atoms. The van der Waals surface area contributed by atoms with Gasteiger partial charge in [0.1, 0.15) is 36.3 Å². The van der Waals surface area contributed by atoms with Crippen molar-refractivity contribution >= 4 is 11.6 Å². The molecule has 2 aromatic carbocycles. The molecule has 3 saturated heterocycles. The van der Waals surface area contributed by atoms with Crippen molar-refractivity contribution in [3.05, 3.63) is 64.2 Å². The number of hydrogen-bond donors (Lipinski definition) is 4. The second kappa shape index (κ2) is 10.7. The Morgan fingerprint density at radius 1 is 0.971 bits per heavy atom. The molecule has 190 valence electrons. The number of hydrogen-bond acceptors (Lipinski definition) is 8. The predicted octanol–water partition coefficient (Wildman–Crippen LogP) is 1.16. The summed E-state index contributed by atoms with van der Waals surface area (Å²) in [5, 5.41) is 40.7. The first-order chi connectivity index (χ1) is 16.9. The zero-order chi connectivity index (χ0) is 24.5. The zero-order valence-corrected chi connectivity index (χ0v) is 20.1. The van der Waals surface area contributed by atoms with E-state index >= 15 is 0 Å². The monoisotopic (exact) mass is 505 g/mol. The maximum Gasteiger partial charge on any atom is 0.119 e. The van der Waals surface area contributed by atoms with Crippen LogP contribution in [-0.4, -0.2) is 95.3 Å². The second-order valence-corrected chi connectivity index (χ2v) is 10.2. The number of aliphatic hydroxyl groups is 4. The summed E-state index contributed by atoms with van der Waals surface area (Å²) in [7, 11) is 0. The van der Waals surface area contributed by atoms with E-state index in [0.29, 0.717) is 35.6 Å². The molecule has 2 aromatic rings. The molecule has 0 amide bonds. The van der Waals surface area contributed by atoms with Crippen molar-refractivity contribution < 1.29 is 34.6 Å². The van der Waals surface area contributed by atoms with E-state index < -0.39 is 37.1 Å². The minimum absolute atomic E-state index is 0.467. The first-order valence-electron chi connectivity index (χ1n) is 12.1. The van der Waals surface area contributed by atoms with Gasteiger partial charge in [-0.3, -0.25) is 4.90 Å². The van der Waals surface area contributed by atoms with Crippen LogP contribution in [0.25, 0.3) is 0 Å². The molecular formula is C26H32ClNO7. The number of aliphatic hydroxyl groups excluding tert-OH is 4. The highest BCUT2D eigenvalue weighted by Crippen LogP contribution is 2.34. The van der Waals surface area contributed by atoms with Gasteiger partial charge in [-0.1, -0.05) is 35.9 Å². The Morgan fingerprint density at radius 2 is 1.71 bits per heavy atom. The lowest BCUT2D eigenvalue weighted by Crippen LogP contribution is -2.60. The van der Waals surface area contributed by atoms with Crippen LogP contribution in [0.4, 0.5) is 0 Å². The number of likely N-dealkylation sites (tertiary alicyclic amines) is 1. The SMILES string of the molecule is OCC1O[C@@H](c2ccc(Cl)c(Cc3ccc(OCC4CN(C5COC5)C4)cc3)c2)[C@H](O)C(O)[C@@H]1O. The second-order valence-electron chi connectivity index (χ2n) is 9.74. The molecule has 0 spiro atoms. The molecule has 0 aromatic heterocycles. The van der Waals surface area contributed by atoms with Crippen LogP contribution in [0.2, 0.25) is 5.02 Å². The van der Waals surface area contributed by atoms with Crippen molar-refractivity contribution in [3.63, 3.8) is 0 Å². The van der Waals surface area contributed by atoms with Crippen LogP contribution in [0.5, 0.6) is 5.75 Å². The lowest BCUT2D eigenvalue weighted by molar-refractivity contribution is -0.231. The predicted molar refractivity (Wildman–Crippen MR) is 129 cm³/mol. The molecule has 4 N–H and O–H groups in total. The summed E-state index contributed by atoms with van der Waals surface area (Å²) in [6, 6.07) is 13.8. The fourth-order valence-corrected chi connectivity index (χ4v) is 5.05. The Morgan fingerprint density at radius 3 is 2.37 bits per heavy atom. The van der Waals surface area contributed by atoms with Gasteiger partial charge in [0.05, 0.1) is 32.5 Å². The molecule has 9 heteroatoms. The number of ether oxygens (including phenoxy) is 3. The Labute approximate surface area is 209 Å². The average Bonchev–Trinajstić information content (AvgIpc) is 2.80. The van der Waals surface area contributed by atoms with E-state index in [9.17, 15) is 20.4 Å². The summed E-state index contributed by atoms with van der Waals surface area (Å²) >= 11 is 6.45. The molecule has 5 atom stereocenters. The smallest absolute Gasteiger partial charge is 0.119 e. The van der Waals surface area contributed by atoms with Crippen molar-refractivity contribution in [1.29, 1.82) is 0 Å². The first-order valence-corrected chi connectivity index (χ1v) is 12.4. The summed E-state index contributed by atoms with van der Waals surface area (Å²) in [5.74, 6) is 1.39. The minimum atomic E-state index is -1.42. The molecule has 35 heavy (non-hydrogen) atoms. The van der Waals surface area contributed by atoms with Gasteiger partial charge in [-0.05, 0) is 41.3 Å². The van der Waals surface area contributed by atoms with Crippen LogP contribution in [0.3, 0.4) is 0 Å². The van der Waals surface area contributed by atoms with Gasteiger partial charge < -0.3 is 34.6 Å². The van der Waals surface area contributed by atoms with Crippen molar-refractivity contribution in [3.8, 4) is 5.75 Å². The van der Waals surface area contributed by atoms with E-state index in [2.05, 4.69) is 4.90 Å². The molecule has 3 aliphatic rings. The molecule has 3 heterocycles. The number of benzene rings is 2. The van der Waals surface area contributed by atoms with Crippen LogP contribution < -0.4 is 4.74 Å². The molecule has 3 fully saturated rings. The number of nitrogens with zero attached hydrogens (tertiary/aromatic N) is 1. The Balaban J connectivity index is 1.19. The largest absolute Gasteiger partial charge is 0.493 e. The lowest BCUT2D eigenvalue weighted by Gasteiger charge is -2.47. The average molecular weight is 506 g/mol. The first kappa shape index (κ1) is 24.9. The molecule has 0 saturated carbocycles. The van der Waals surface area contributed by atoms with Crippen molar-refractivity contribution in [2.45, 2.75) is 43.0 Å². The van der Waals surface area contributed by atoms with Crippen LogP contribution in [0, 0.1) is 5.92 Å². The molecule has 2 unspecified atom stereocenters. The van der Waals surface area contributed by atoms with Crippen molar-refractivity contribution in [1.82, 2.24) is 4.90 Å². The maximum absolute atomic E-state index is 10.5. The lowest BCUT2D eigenvalue weighted by atomic mass is 9.90. The summed E-state index contributed by atoms with van der Waals surface area (Å²) in [6.07, 6.45) is -5.43. The Bertz CT molecular complexity index is 994. The fourth-order valence-electron chi connectivity index (χ4n) is 4.87. The van der Waals surface area contributed by atoms with E-state index in [4.69, 9.17) is 25.8 Å². The fraction of sp³-hybridized carbons (Fsp3) is 0.538. The Kier molecular flexibility index (Phi) is 7.62. The van der Waals surface area contributed by atoms with Crippen LogP contribution >= 0.6 is 11.6 Å². The van der Waals surface area contributed by atoms with Gasteiger partial charge in [0.25, 0.3) is 0 Å². The van der Waals surface area contributed by atoms with Gasteiger partial charge >= 0.3 is 0 Å². The van der Waals surface area contributed by atoms with E-state index in [1.54, 1.807) is 12.1 Å². The van der Waals surface area contributed by atoms with Crippen molar-refractivity contribution in [2.24, 2.45) is 5.92 Å². The molecule has 0 radical (unpaired) electrons. The summed E-state index contributed by atoms with van der Waals surface area (Å²) in [5.41, 5.74) is 2.50. The van der Waals surface area contributed by atoms with Crippen LogP contribution in [0.15, 0.2) is 42.5 Å².